The molecule has 0 radical (unpaired) electrons. The van der Waals surface area contributed by atoms with Gasteiger partial charge >= 0.3 is 5.97 Å². The summed E-state index contributed by atoms with van der Waals surface area (Å²) in [6, 6.07) is 9.00. The molecule has 0 saturated carbocycles. The fraction of sp³-hybridized carbons (Fsp3) is 0.400. The van der Waals surface area contributed by atoms with Crippen molar-refractivity contribution < 1.29 is 23.1 Å². The second kappa shape index (κ2) is 8.28. The van der Waals surface area contributed by atoms with Crippen LogP contribution in [0.3, 0.4) is 0 Å². The number of hydrogen-bond acceptors (Lipinski definition) is 4. The molecule has 2 aromatic carbocycles. The predicted molar refractivity (Wildman–Crippen MR) is 106 cm³/mol. The number of nitrogens with one attached hydrogen (secondary N) is 1. The van der Waals surface area contributed by atoms with E-state index >= 15 is 0 Å². The molecule has 0 unspecified atom stereocenters. The maximum Gasteiger partial charge on any atom is 0.336 e. The third kappa shape index (κ3) is 4.18. The maximum atomic E-state index is 13.0. The largest absolute Gasteiger partial charge is 0.478 e. The minimum Gasteiger partial charge on any atom is -0.478 e. The topological polar surface area (TPSA) is 104 Å². The van der Waals surface area contributed by atoms with Crippen molar-refractivity contribution in [3.8, 4) is 0 Å². The van der Waals surface area contributed by atoms with E-state index in [1.165, 1.54) is 12.1 Å². The van der Waals surface area contributed by atoms with Gasteiger partial charge in [-0.2, -0.15) is 0 Å². The lowest BCUT2D eigenvalue weighted by Crippen LogP contribution is -2.46. The highest BCUT2D eigenvalue weighted by Crippen LogP contribution is 2.27. The molecule has 150 valence electrons. The van der Waals surface area contributed by atoms with Gasteiger partial charge in [0.05, 0.1) is 10.5 Å². The van der Waals surface area contributed by atoms with E-state index in [-0.39, 0.29) is 22.4 Å². The van der Waals surface area contributed by atoms with Gasteiger partial charge in [-0.3, -0.25) is 4.79 Å². The summed E-state index contributed by atoms with van der Waals surface area (Å²) in [5.74, 6) is -0.990. The highest BCUT2D eigenvalue weighted by Gasteiger charge is 2.27. The van der Waals surface area contributed by atoms with Crippen molar-refractivity contribution in [2.45, 2.75) is 43.5 Å². The first-order valence-electron chi connectivity index (χ1n) is 9.38. The van der Waals surface area contributed by atoms with E-state index in [1.807, 2.05) is 6.92 Å². The molecule has 1 saturated heterocycles. The van der Waals surface area contributed by atoms with Crippen LogP contribution < -0.4 is 4.72 Å². The van der Waals surface area contributed by atoms with Crippen molar-refractivity contribution in [2.75, 3.05) is 13.1 Å². The van der Waals surface area contributed by atoms with Crippen molar-refractivity contribution >= 4 is 32.7 Å². The quantitative estimate of drug-likeness (QED) is 0.770. The molecule has 28 heavy (non-hydrogen) atoms. The first-order chi connectivity index (χ1) is 13.3. The number of fused-ring (bicyclic) bond motifs is 1. The average Bonchev–Trinajstić information content (AvgIpc) is 2.67. The third-order valence-electron chi connectivity index (χ3n) is 5.04. The average molecular weight is 404 g/mol. The number of carboxylic acids is 1. The molecule has 0 aromatic heterocycles. The molecule has 0 bridgehead atoms. The van der Waals surface area contributed by atoms with Crippen LogP contribution >= 0.6 is 0 Å². The Bertz CT molecular complexity index is 995. The van der Waals surface area contributed by atoms with Gasteiger partial charge in [-0.05, 0) is 36.8 Å². The number of nitrogens with zero attached hydrogens (tertiary/aromatic N) is 1. The van der Waals surface area contributed by atoms with Crippen molar-refractivity contribution in [3.05, 3.63) is 42.0 Å². The molecule has 0 atom stereocenters. The van der Waals surface area contributed by atoms with Crippen LogP contribution in [0.5, 0.6) is 0 Å². The monoisotopic (exact) mass is 404 g/mol. The third-order valence-corrected chi connectivity index (χ3v) is 6.62. The van der Waals surface area contributed by atoms with Crippen LogP contribution in [-0.2, 0) is 14.8 Å². The van der Waals surface area contributed by atoms with Crippen molar-refractivity contribution in [3.63, 3.8) is 0 Å². The fourth-order valence-corrected chi connectivity index (χ4v) is 5.11. The van der Waals surface area contributed by atoms with Crippen LogP contribution in [0.2, 0.25) is 0 Å². The number of carbonyl (C=O) groups excluding carboxylic acids is 1. The second-order valence-electron chi connectivity index (χ2n) is 6.99. The Morgan fingerprint density at radius 3 is 2.36 bits per heavy atom. The summed E-state index contributed by atoms with van der Waals surface area (Å²) in [7, 11) is -3.82. The number of likely N-dealkylation sites (tertiary alicyclic amines) is 1. The molecular weight excluding hydrogens is 380 g/mol. The molecule has 1 aliphatic heterocycles. The number of piperidine rings is 1. The molecule has 0 aliphatic carbocycles. The smallest absolute Gasteiger partial charge is 0.336 e. The lowest BCUT2D eigenvalue weighted by Gasteiger charge is -2.32. The van der Waals surface area contributed by atoms with Crippen LogP contribution in [0.1, 0.15) is 43.0 Å². The molecule has 2 aromatic rings. The summed E-state index contributed by atoms with van der Waals surface area (Å²) in [5.41, 5.74) is 0.0669. The molecule has 2 N–H and O–H groups in total. The lowest BCUT2D eigenvalue weighted by atomic mass is 10.0. The Kier molecular flexibility index (Phi) is 6.00. The van der Waals surface area contributed by atoms with E-state index in [1.54, 1.807) is 29.2 Å². The number of aromatic carboxylic acids is 1. The zero-order valence-electron chi connectivity index (χ0n) is 15.7. The predicted octanol–water partition coefficient (Wildman–Crippen LogP) is 2.61. The first kappa shape index (κ1) is 20.3. The zero-order chi connectivity index (χ0) is 20.3. The van der Waals surface area contributed by atoms with Gasteiger partial charge in [0, 0.05) is 30.9 Å². The van der Waals surface area contributed by atoms with Gasteiger partial charge < -0.3 is 10.0 Å². The van der Waals surface area contributed by atoms with Crippen molar-refractivity contribution in [1.29, 1.82) is 0 Å². The van der Waals surface area contributed by atoms with E-state index < -0.39 is 16.0 Å². The molecule has 7 nitrogen and oxygen atoms in total. The molecule has 8 heteroatoms. The molecule has 1 amide bonds. The molecule has 1 fully saturated rings. The highest BCUT2D eigenvalue weighted by atomic mass is 32.2. The normalized spacial score (nSPS) is 15.7. The number of carbonyl (C=O) groups is 2. The van der Waals surface area contributed by atoms with Crippen molar-refractivity contribution in [2.24, 2.45) is 0 Å². The van der Waals surface area contributed by atoms with Crippen LogP contribution in [0.15, 0.2) is 41.3 Å². The number of sulfonamides is 1. The Morgan fingerprint density at radius 2 is 1.75 bits per heavy atom. The van der Waals surface area contributed by atoms with Gasteiger partial charge in [-0.25, -0.2) is 17.9 Å². The van der Waals surface area contributed by atoms with Crippen LogP contribution in [0.25, 0.3) is 10.8 Å². The molecule has 1 heterocycles. The van der Waals surface area contributed by atoms with E-state index in [4.69, 9.17) is 0 Å². The van der Waals surface area contributed by atoms with Gasteiger partial charge in [-0.15, -0.1) is 0 Å². The van der Waals surface area contributed by atoms with E-state index in [9.17, 15) is 23.1 Å². The van der Waals surface area contributed by atoms with Crippen LogP contribution in [0, 0.1) is 0 Å². The molecular formula is C20H24N2O5S. The van der Waals surface area contributed by atoms with Gasteiger partial charge in [0.15, 0.2) is 0 Å². The van der Waals surface area contributed by atoms with Crippen LogP contribution in [0.4, 0.5) is 0 Å². The number of benzene rings is 2. The summed E-state index contributed by atoms with van der Waals surface area (Å²) in [6.45, 7) is 3.02. The van der Waals surface area contributed by atoms with Crippen molar-refractivity contribution in [1.82, 2.24) is 9.62 Å². The van der Waals surface area contributed by atoms with E-state index in [2.05, 4.69) is 4.72 Å². The Hall–Kier alpha value is -2.45. The zero-order valence-corrected chi connectivity index (χ0v) is 16.5. The summed E-state index contributed by atoms with van der Waals surface area (Å²) in [4.78, 5) is 25.3. The Balaban J connectivity index is 1.80. The number of rotatable bonds is 6. The van der Waals surface area contributed by atoms with E-state index in [0.29, 0.717) is 43.1 Å². The number of amides is 1. The van der Waals surface area contributed by atoms with Gasteiger partial charge in [-0.1, -0.05) is 31.2 Å². The minimum atomic E-state index is -3.82. The first-order valence-corrected chi connectivity index (χ1v) is 10.9. The molecule has 3 rings (SSSR count). The second-order valence-corrected chi connectivity index (χ2v) is 8.67. The van der Waals surface area contributed by atoms with Gasteiger partial charge in [0.2, 0.25) is 15.9 Å². The van der Waals surface area contributed by atoms with Gasteiger partial charge in [0.1, 0.15) is 0 Å². The number of hydrogen-bond donors (Lipinski definition) is 2. The molecule has 1 aliphatic rings. The Labute approximate surface area is 164 Å². The fourth-order valence-electron chi connectivity index (χ4n) is 3.59. The number of carboxylic acid groups (broad SMARTS) is 1. The maximum absolute atomic E-state index is 13.0. The van der Waals surface area contributed by atoms with Crippen LogP contribution in [-0.4, -0.2) is 49.4 Å². The summed E-state index contributed by atoms with van der Waals surface area (Å²) in [5, 5.41) is 10.1. The highest BCUT2D eigenvalue weighted by molar-refractivity contribution is 7.89. The molecule has 0 spiro atoms. The lowest BCUT2D eigenvalue weighted by molar-refractivity contribution is -0.132. The standard InChI is InChI=1S/C20H24N2O5S/c1-2-5-19(23)22-12-10-14(11-13-22)21-28(26,27)18-9-8-17(20(24)25)15-6-3-4-7-16(15)18/h3-4,6-9,14,21H,2,5,10-13H2,1H3,(H,24,25). The minimum absolute atomic E-state index is 0.0669. The Morgan fingerprint density at radius 1 is 1.11 bits per heavy atom. The SMILES string of the molecule is CCCC(=O)N1CCC(NS(=O)(=O)c2ccc(C(=O)O)c3ccccc23)CC1. The van der Waals surface area contributed by atoms with Gasteiger partial charge in [0.25, 0.3) is 0 Å². The summed E-state index contributed by atoms with van der Waals surface area (Å²) in [6.07, 6.45) is 2.42. The summed E-state index contributed by atoms with van der Waals surface area (Å²) < 4.78 is 28.7. The summed E-state index contributed by atoms with van der Waals surface area (Å²) >= 11 is 0. The van der Waals surface area contributed by atoms with E-state index in [0.717, 1.165) is 6.42 Å².